The number of urea groups is 1. The number of carbonyl (C=O) groups is 3. The van der Waals surface area contributed by atoms with Crippen molar-refractivity contribution in [3.05, 3.63) is 0 Å². The highest BCUT2D eigenvalue weighted by Gasteiger charge is 2.37. The molecule has 2 saturated heterocycles. The van der Waals surface area contributed by atoms with Crippen LogP contribution in [-0.2, 0) is 9.59 Å². The molecule has 3 unspecified atom stereocenters. The van der Waals surface area contributed by atoms with Crippen molar-refractivity contribution in [2.75, 3.05) is 13.1 Å². The predicted octanol–water partition coefficient (Wildman–Crippen LogP) is 0.160. The number of likely N-dealkylation sites (tertiary alicyclic amines) is 1. The number of rotatable bonds is 3. The zero-order valence-corrected chi connectivity index (χ0v) is 11.6. The second kappa shape index (κ2) is 6.11. The summed E-state index contributed by atoms with van der Waals surface area (Å²) in [6, 6.07) is -1.16. The maximum Gasteiger partial charge on any atom is 0.326 e. The molecule has 2 rings (SSSR count). The lowest BCUT2D eigenvalue weighted by atomic mass is 9.91. The van der Waals surface area contributed by atoms with E-state index in [1.807, 2.05) is 6.92 Å². The van der Waals surface area contributed by atoms with Crippen molar-refractivity contribution in [3.8, 4) is 0 Å². The van der Waals surface area contributed by atoms with Crippen LogP contribution in [0.1, 0.15) is 32.6 Å². The maximum atomic E-state index is 12.1. The van der Waals surface area contributed by atoms with Gasteiger partial charge in [0.2, 0.25) is 5.91 Å². The summed E-state index contributed by atoms with van der Waals surface area (Å²) in [5, 5.41) is 14.8. The van der Waals surface area contributed by atoms with Crippen LogP contribution in [0.25, 0.3) is 0 Å². The number of piperidine rings is 1. The van der Waals surface area contributed by atoms with E-state index in [1.54, 1.807) is 0 Å². The van der Waals surface area contributed by atoms with E-state index in [0.29, 0.717) is 25.9 Å². The number of nitrogens with zero attached hydrogens (tertiary/aromatic N) is 1. The standard InChI is InChI=1S/C13H21N3O4/c1-8-3-2-6-16(11(8)12(18)19)13(20)14-7-9-4-5-10(17)15-9/h8-9,11H,2-7H2,1H3,(H,14,20)(H,15,17)(H,18,19). The van der Waals surface area contributed by atoms with Gasteiger partial charge in [0.1, 0.15) is 6.04 Å². The SMILES string of the molecule is CC1CCCN(C(=O)NCC2CCC(=O)N2)C1C(=O)O. The van der Waals surface area contributed by atoms with Crippen molar-refractivity contribution in [2.45, 2.75) is 44.7 Å². The van der Waals surface area contributed by atoms with Crippen LogP contribution in [0.3, 0.4) is 0 Å². The van der Waals surface area contributed by atoms with Gasteiger partial charge in [-0.25, -0.2) is 9.59 Å². The summed E-state index contributed by atoms with van der Waals surface area (Å²) in [6.45, 7) is 2.67. The van der Waals surface area contributed by atoms with Gasteiger partial charge in [0.25, 0.3) is 0 Å². The summed E-state index contributed by atoms with van der Waals surface area (Å²) < 4.78 is 0. The van der Waals surface area contributed by atoms with Gasteiger partial charge in [-0.1, -0.05) is 6.92 Å². The van der Waals surface area contributed by atoms with E-state index >= 15 is 0 Å². The maximum absolute atomic E-state index is 12.1. The lowest BCUT2D eigenvalue weighted by molar-refractivity contribution is -0.145. The molecule has 0 radical (unpaired) electrons. The van der Waals surface area contributed by atoms with Gasteiger partial charge < -0.3 is 20.6 Å². The molecule has 0 aromatic carbocycles. The first-order chi connectivity index (χ1) is 9.49. The van der Waals surface area contributed by atoms with Crippen LogP contribution >= 0.6 is 0 Å². The molecule has 2 aliphatic heterocycles. The van der Waals surface area contributed by atoms with Crippen molar-refractivity contribution in [1.82, 2.24) is 15.5 Å². The minimum Gasteiger partial charge on any atom is -0.480 e. The van der Waals surface area contributed by atoms with Crippen molar-refractivity contribution in [2.24, 2.45) is 5.92 Å². The number of carboxylic acid groups (broad SMARTS) is 1. The van der Waals surface area contributed by atoms with E-state index in [4.69, 9.17) is 0 Å². The molecule has 0 aromatic rings. The van der Waals surface area contributed by atoms with Gasteiger partial charge in [0, 0.05) is 25.6 Å². The molecule has 0 saturated carbocycles. The molecular formula is C13H21N3O4. The molecule has 20 heavy (non-hydrogen) atoms. The van der Waals surface area contributed by atoms with Crippen molar-refractivity contribution >= 4 is 17.9 Å². The van der Waals surface area contributed by atoms with Gasteiger partial charge in [-0.3, -0.25) is 4.79 Å². The van der Waals surface area contributed by atoms with Crippen LogP contribution in [0, 0.1) is 5.92 Å². The Labute approximate surface area is 117 Å². The highest BCUT2D eigenvalue weighted by molar-refractivity contribution is 5.83. The Morgan fingerprint density at radius 2 is 2.20 bits per heavy atom. The van der Waals surface area contributed by atoms with Crippen molar-refractivity contribution in [3.63, 3.8) is 0 Å². The first-order valence-electron chi connectivity index (χ1n) is 7.05. The van der Waals surface area contributed by atoms with Crippen LogP contribution in [-0.4, -0.2) is 53.1 Å². The van der Waals surface area contributed by atoms with Crippen LogP contribution in [0.4, 0.5) is 4.79 Å². The second-order valence-electron chi connectivity index (χ2n) is 5.59. The molecule has 3 atom stereocenters. The Morgan fingerprint density at radius 1 is 1.45 bits per heavy atom. The Bertz CT molecular complexity index is 412. The van der Waals surface area contributed by atoms with E-state index in [9.17, 15) is 19.5 Å². The summed E-state index contributed by atoms with van der Waals surface area (Å²) in [5.74, 6) is -1.00. The third-order valence-corrected chi connectivity index (χ3v) is 4.03. The van der Waals surface area contributed by atoms with Gasteiger partial charge in [-0.05, 0) is 25.2 Å². The van der Waals surface area contributed by atoms with Crippen LogP contribution in [0.15, 0.2) is 0 Å². The quantitative estimate of drug-likeness (QED) is 0.687. The third kappa shape index (κ3) is 3.20. The van der Waals surface area contributed by atoms with Gasteiger partial charge in [-0.2, -0.15) is 0 Å². The Hall–Kier alpha value is -1.79. The number of hydrogen-bond donors (Lipinski definition) is 3. The molecule has 7 nitrogen and oxygen atoms in total. The number of amides is 3. The zero-order chi connectivity index (χ0) is 14.7. The van der Waals surface area contributed by atoms with Crippen molar-refractivity contribution < 1.29 is 19.5 Å². The van der Waals surface area contributed by atoms with E-state index in [-0.39, 0.29) is 23.9 Å². The van der Waals surface area contributed by atoms with Gasteiger partial charge in [0.15, 0.2) is 0 Å². The summed E-state index contributed by atoms with van der Waals surface area (Å²) in [6.07, 6.45) is 2.83. The van der Waals surface area contributed by atoms with E-state index in [2.05, 4.69) is 10.6 Å². The molecule has 7 heteroatoms. The topological polar surface area (TPSA) is 98.7 Å². The summed E-state index contributed by atoms with van der Waals surface area (Å²) in [5.41, 5.74) is 0. The predicted molar refractivity (Wildman–Crippen MR) is 71.1 cm³/mol. The minimum absolute atomic E-state index is 0.000689. The lowest BCUT2D eigenvalue weighted by Gasteiger charge is -2.37. The first kappa shape index (κ1) is 14.6. The molecule has 2 aliphatic rings. The normalized spacial score (nSPS) is 29.9. The zero-order valence-electron chi connectivity index (χ0n) is 11.6. The monoisotopic (exact) mass is 283 g/mol. The molecule has 0 aromatic heterocycles. The van der Waals surface area contributed by atoms with Gasteiger partial charge in [0.05, 0.1) is 0 Å². The van der Waals surface area contributed by atoms with E-state index in [0.717, 1.165) is 12.8 Å². The number of carboxylic acids is 1. The molecular weight excluding hydrogens is 262 g/mol. The molecule has 0 bridgehead atoms. The van der Waals surface area contributed by atoms with Gasteiger partial charge >= 0.3 is 12.0 Å². The highest BCUT2D eigenvalue weighted by Crippen LogP contribution is 2.23. The summed E-state index contributed by atoms with van der Waals surface area (Å²) in [7, 11) is 0. The molecule has 3 amide bonds. The largest absolute Gasteiger partial charge is 0.480 e. The lowest BCUT2D eigenvalue weighted by Crippen LogP contribution is -2.56. The summed E-state index contributed by atoms with van der Waals surface area (Å²) in [4.78, 5) is 35.9. The molecule has 2 fully saturated rings. The minimum atomic E-state index is -0.957. The number of hydrogen-bond acceptors (Lipinski definition) is 3. The highest BCUT2D eigenvalue weighted by atomic mass is 16.4. The fourth-order valence-corrected chi connectivity index (χ4v) is 2.93. The van der Waals surface area contributed by atoms with Crippen molar-refractivity contribution in [1.29, 1.82) is 0 Å². The Morgan fingerprint density at radius 3 is 2.80 bits per heavy atom. The van der Waals surface area contributed by atoms with Gasteiger partial charge in [-0.15, -0.1) is 0 Å². The fourth-order valence-electron chi connectivity index (χ4n) is 2.93. The average molecular weight is 283 g/mol. The molecule has 2 heterocycles. The van der Waals surface area contributed by atoms with Crippen LogP contribution in [0.2, 0.25) is 0 Å². The second-order valence-corrected chi connectivity index (χ2v) is 5.59. The molecule has 112 valence electrons. The third-order valence-electron chi connectivity index (χ3n) is 4.03. The average Bonchev–Trinajstić information content (AvgIpc) is 2.81. The Balaban J connectivity index is 1.89. The van der Waals surface area contributed by atoms with Crippen LogP contribution in [0.5, 0.6) is 0 Å². The smallest absolute Gasteiger partial charge is 0.326 e. The van der Waals surface area contributed by atoms with E-state index in [1.165, 1.54) is 4.90 Å². The fraction of sp³-hybridized carbons (Fsp3) is 0.769. The molecule has 0 aliphatic carbocycles. The number of nitrogens with one attached hydrogen (secondary N) is 2. The van der Waals surface area contributed by atoms with E-state index < -0.39 is 12.0 Å². The molecule has 0 spiro atoms. The summed E-state index contributed by atoms with van der Waals surface area (Å²) >= 11 is 0. The first-order valence-corrected chi connectivity index (χ1v) is 7.05. The Kier molecular flexibility index (Phi) is 4.46. The number of carbonyl (C=O) groups excluding carboxylic acids is 2. The number of aliphatic carboxylic acids is 1. The molecule has 3 N–H and O–H groups in total. The van der Waals surface area contributed by atoms with Crippen LogP contribution < -0.4 is 10.6 Å².